The van der Waals surface area contributed by atoms with Gasteiger partial charge in [0.05, 0.1) is 11.6 Å². The number of amides is 1. The Morgan fingerprint density at radius 2 is 2.11 bits per heavy atom. The number of benzene rings is 1. The van der Waals surface area contributed by atoms with Gasteiger partial charge >= 0.3 is 4.87 Å². The highest BCUT2D eigenvalue weighted by molar-refractivity contribution is 7.07. The topological polar surface area (TPSA) is 74.9 Å². The van der Waals surface area contributed by atoms with Gasteiger partial charge in [0.1, 0.15) is 6.54 Å². The Balaban J connectivity index is 2.01. The van der Waals surface area contributed by atoms with E-state index in [4.69, 9.17) is 5.26 Å². The van der Waals surface area contributed by atoms with Crippen molar-refractivity contribution in [3.05, 3.63) is 51.1 Å². The zero-order valence-corrected chi connectivity index (χ0v) is 10.1. The van der Waals surface area contributed by atoms with Gasteiger partial charge in [-0.3, -0.25) is 14.2 Å². The van der Waals surface area contributed by atoms with E-state index < -0.39 is 0 Å². The number of nitrogens with zero attached hydrogens (tertiary/aromatic N) is 2. The second-order valence-corrected chi connectivity index (χ2v) is 4.39. The Morgan fingerprint density at radius 3 is 2.67 bits per heavy atom. The van der Waals surface area contributed by atoms with Gasteiger partial charge in [-0.05, 0) is 24.3 Å². The molecule has 6 heteroatoms. The van der Waals surface area contributed by atoms with Crippen LogP contribution in [0.2, 0.25) is 0 Å². The quantitative estimate of drug-likeness (QED) is 0.905. The molecule has 0 saturated heterocycles. The van der Waals surface area contributed by atoms with Crippen LogP contribution in [0, 0.1) is 11.3 Å². The molecule has 2 rings (SSSR count). The van der Waals surface area contributed by atoms with Crippen molar-refractivity contribution in [3.63, 3.8) is 0 Å². The normalized spacial score (nSPS) is 9.72. The summed E-state index contributed by atoms with van der Waals surface area (Å²) in [5.74, 6) is -0.278. The minimum atomic E-state index is -0.278. The van der Waals surface area contributed by atoms with Crippen LogP contribution in [-0.4, -0.2) is 10.5 Å². The predicted octanol–water partition coefficient (Wildman–Crippen LogP) is 1.42. The summed E-state index contributed by atoms with van der Waals surface area (Å²) in [6.45, 7) is -0.0116. The summed E-state index contributed by atoms with van der Waals surface area (Å²) >= 11 is 1.05. The fourth-order valence-electron chi connectivity index (χ4n) is 1.39. The molecule has 0 aliphatic rings. The number of nitrogens with one attached hydrogen (secondary N) is 1. The fraction of sp³-hybridized carbons (Fsp3) is 0.0833. The monoisotopic (exact) mass is 259 g/mol. The number of rotatable bonds is 3. The first kappa shape index (κ1) is 12.1. The van der Waals surface area contributed by atoms with Crippen LogP contribution in [0.25, 0.3) is 0 Å². The molecule has 1 aromatic heterocycles. The maximum Gasteiger partial charge on any atom is 0.307 e. The van der Waals surface area contributed by atoms with E-state index in [1.165, 1.54) is 4.57 Å². The molecule has 1 aromatic carbocycles. The Labute approximate surface area is 107 Å². The van der Waals surface area contributed by atoms with Gasteiger partial charge in [-0.25, -0.2) is 0 Å². The van der Waals surface area contributed by atoms with E-state index >= 15 is 0 Å². The maximum absolute atomic E-state index is 11.7. The minimum absolute atomic E-state index is 0.0116. The van der Waals surface area contributed by atoms with Crippen molar-refractivity contribution in [2.75, 3.05) is 5.32 Å². The first-order valence-electron chi connectivity index (χ1n) is 5.13. The average molecular weight is 259 g/mol. The molecule has 1 heterocycles. The summed E-state index contributed by atoms with van der Waals surface area (Å²) in [6.07, 6.45) is 1.57. The Hall–Kier alpha value is -2.39. The van der Waals surface area contributed by atoms with Gasteiger partial charge in [0, 0.05) is 17.3 Å². The molecule has 0 aliphatic heterocycles. The number of carbonyl (C=O) groups is 1. The molecule has 1 N–H and O–H groups in total. The highest BCUT2D eigenvalue weighted by atomic mass is 32.1. The van der Waals surface area contributed by atoms with Gasteiger partial charge in [0.15, 0.2) is 0 Å². The van der Waals surface area contributed by atoms with E-state index in [1.54, 1.807) is 35.8 Å². The van der Waals surface area contributed by atoms with Crippen molar-refractivity contribution < 1.29 is 4.79 Å². The molecule has 5 nitrogen and oxygen atoms in total. The van der Waals surface area contributed by atoms with Gasteiger partial charge in [-0.1, -0.05) is 11.3 Å². The summed E-state index contributed by atoms with van der Waals surface area (Å²) in [6, 6.07) is 8.52. The van der Waals surface area contributed by atoms with Crippen LogP contribution in [0.4, 0.5) is 5.69 Å². The third-order valence-corrected chi connectivity index (χ3v) is 2.95. The molecule has 90 valence electrons. The molecule has 0 radical (unpaired) electrons. The summed E-state index contributed by atoms with van der Waals surface area (Å²) in [5, 5.41) is 12.9. The lowest BCUT2D eigenvalue weighted by atomic mass is 10.2. The number of thiazole rings is 1. The largest absolute Gasteiger partial charge is 0.325 e. The van der Waals surface area contributed by atoms with Crippen molar-refractivity contribution in [2.45, 2.75) is 6.54 Å². The Morgan fingerprint density at radius 1 is 1.39 bits per heavy atom. The molecule has 0 saturated carbocycles. The summed E-state index contributed by atoms with van der Waals surface area (Å²) < 4.78 is 1.34. The van der Waals surface area contributed by atoms with Crippen molar-refractivity contribution in [1.29, 1.82) is 5.26 Å². The average Bonchev–Trinajstić information content (AvgIpc) is 2.76. The van der Waals surface area contributed by atoms with E-state index in [1.807, 2.05) is 6.07 Å². The first-order chi connectivity index (χ1) is 8.69. The summed E-state index contributed by atoms with van der Waals surface area (Å²) in [4.78, 5) is 22.7. The van der Waals surface area contributed by atoms with Crippen LogP contribution in [0.5, 0.6) is 0 Å². The number of hydrogen-bond acceptors (Lipinski definition) is 4. The molecule has 0 fully saturated rings. The molecule has 0 bridgehead atoms. The van der Waals surface area contributed by atoms with E-state index in [2.05, 4.69) is 5.32 Å². The molecule has 0 atom stereocenters. The number of carbonyl (C=O) groups excluding carboxylic acids is 1. The second kappa shape index (κ2) is 5.29. The van der Waals surface area contributed by atoms with Gasteiger partial charge in [-0.15, -0.1) is 0 Å². The highest BCUT2D eigenvalue weighted by Gasteiger charge is 2.05. The van der Waals surface area contributed by atoms with Crippen molar-refractivity contribution in [1.82, 2.24) is 4.57 Å². The van der Waals surface area contributed by atoms with E-state index in [9.17, 15) is 9.59 Å². The second-order valence-electron chi connectivity index (χ2n) is 3.53. The lowest BCUT2D eigenvalue weighted by Crippen LogP contribution is -2.23. The van der Waals surface area contributed by atoms with Crippen molar-refractivity contribution in [2.24, 2.45) is 0 Å². The molecule has 0 spiro atoms. The number of hydrogen-bond donors (Lipinski definition) is 1. The van der Waals surface area contributed by atoms with Gasteiger partial charge in [0.2, 0.25) is 5.91 Å². The lowest BCUT2D eigenvalue weighted by molar-refractivity contribution is -0.116. The maximum atomic E-state index is 11.7. The Kier molecular flexibility index (Phi) is 3.55. The molecule has 1 amide bonds. The number of anilines is 1. The third-order valence-electron chi connectivity index (χ3n) is 2.26. The molecular formula is C12H9N3O2S. The molecule has 18 heavy (non-hydrogen) atoms. The van der Waals surface area contributed by atoms with Crippen LogP contribution in [0.1, 0.15) is 5.56 Å². The van der Waals surface area contributed by atoms with Crippen LogP contribution >= 0.6 is 11.3 Å². The van der Waals surface area contributed by atoms with Gasteiger partial charge < -0.3 is 5.32 Å². The molecule has 0 unspecified atom stereocenters. The fourth-order valence-corrected chi connectivity index (χ4v) is 1.98. The molecule has 0 aliphatic carbocycles. The van der Waals surface area contributed by atoms with Crippen LogP contribution in [0.3, 0.4) is 0 Å². The number of nitriles is 1. The molecular weight excluding hydrogens is 250 g/mol. The van der Waals surface area contributed by atoms with Crippen LogP contribution < -0.4 is 10.2 Å². The van der Waals surface area contributed by atoms with E-state index in [0.717, 1.165) is 11.3 Å². The summed E-state index contributed by atoms with van der Waals surface area (Å²) in [7, 11) is 0. The van der Waals surface area contributed by atoms with Crippen LogP contribution in [-0.2, 0) is 11.3 Å². The highest BCUT2D eigenvalue weighted by Crippen LogP contribution is 2.08. The zero-order chi connectivity index (χ0) is 13.0. The predicted molar refractivity (Wildman–Crippen MR) is 68.4 cm³/mol. The smallest absolute Gasteiger partial charge is 0.307 e. The van der Waals surface area contributed by atoms with Gasteiger partial charge in [-0.2, -0.15) is 5.26 Å². The lowest BCUT2D eigenvalue weighted by Gasteiger charge is -2.05. The Bertz CT molecular complexity index is 649. The van der Waals surface area contributed by atoms with Crippen molar-refractivity contribution in [3.8, 4) is 6.07 Å². The minimum Gasteiger partial charge on any atom is -0.325 e. The SMILES string of the molecule is N#Cc1ccc(NC(=O)Cn2ccsc2=O)cc1. The van der Waals surface area contributed by atoms with E-state index in [0.29, 0.717) is 11.3 Å². The third kappa shape index (κ3) is 2.84. The summed E-state index contributed by atoms with van der Waals surface area (Å²) in [5.41, 5.74) is 1.13. The van der Waals surface area contributed by atoms with Crippen LogP contribution in [0.15, 0.2) is 40.6 Å². The van der Waals surface area contributed by atoms with E-state index in [-0.39, 0.29) is 17.3 Å². The van der Waals surface area contributed by atoms with Gasteiger partial charge in [0.25, 0.3) is 0 Å². The van der Waals surface area contributed by atoms with Crippen molar-refractivity contribution >= 4 is 22.9 Å². The number of aromatic nitrogens is 1. The molecule has 2 aromatic rings. The standard InChI is InChI=1S/C12H9N3O2S/c13-7-9-1-3-10(4-2-9)14-11(16)8-15-5-6-18-12(15)17/h1-6H,8H2,(H,14,16). The zero-order valence-electron chi connectivity index (χ0n) is 9.29. The first-order valence-corrected chi connectivity index (χ1v) is 6.01.